The van der Waals surface area contributed by atoms with E-state index in [4.69, 9.17) is 5.73 Å². The van der Waals surface area contributed by atoms with Gasteiger partial charge in [-0.15, -0.1) is 0 Å². The molecule has 1 nitrogen and oxygen atoms in total. The number of rotatable bonds is 3. The molecule has 0 spiro atoms. The van der Waals surface area contributed by atoms with Crippen LogP contribution in [0.4, 0.5) is 4.39 Å². The monoisotopic (exact) mass is 311 g/mol. The van der Waals surface area contributed by atoms with Gasteiger partial charge in [-0.05, 0) is 61.1 Å². The van der Waals surface area contributed by atoms with E-state index >= 15 is 0 Å². The molecule has 4 unspecified atom stereocenters. The van der Waals surface area contributed by atoms with Crippen LogP contribution < -0.4 is 5.73 Å². The Morgan fingerprint density at radius 2 is 2.17 bits per heavy atom. The minimum atomic E-state index is -0.195. The molecule has 0 aromatic heterocycles. The molecule has 1 aromatic rings. The Balaban J connectivity index is 1.69. The maximum Gasteiger partial charge on any atom is 0.124 e. The summed E-state index contributed by atoms with van der Waals surface area (Å²) in [4.78, 5) is 0. The first-order valence-corrected chi connectivity index (χ1v) is 7.62. The molecule has 2 aliphatic rings. The molecular weight excluding hydrogens is 293 g/mol. The highest BCUT2D eigenvalue weighted by molar-refractivity contribution is 9.10. The van der Waals surface area contributed by atoms with Crippen LogP contribution in [0.2, 0.25) is 0 Å². The predicted molar refractivity (Wildman–Crippen MR) is 74.7 cm³/mol. The molecule has 3 heteroatoms. The number of halogens is 2. The Labute approximate surface area is 116 Å². The van der Waals surface area contributed by atoms with E-state index in [-0.39, 0.29) is 11.9 Å². The number of nitrogens with two attached hydrogens (primary N) is 1. The molecule has 18 heavy (non-hydrogen) atoms. The van der Waals surface area contributed by atoms with Crippen molar-refractivity contribution < 1.29 is 4.39 Å². The molecule has 0 aliphatic heterocycles. The fourth-order valence-electron chi connectivity index (χ4n) is 3.91. The zero-order chi connectivity index (χ0) is 12.7. The van der Waals surface area contributed by atoms with Crippen molar-refractivity contribution in [2.45, 2.75) is 38.1 Å². The molecule has 1 aromatic carbocycles. The molecule has 0 saturated heterocycles. The SMILES string of the molecule is NC(Cc1ccc(F)cc1Br)C1CC2CCC1C2. The van der Waals surface area contributed by atoms with E-state index in [0.29, 0.717) is 5.92 Å². The van der Waals surface area contributed by atoms with Crippen molar-refractivity contribution in [3.8, 4) is 0 Å². The van der Waals surface area contributed by atoms with Crippen LogP contribution in [0.1, 0.15) is 31.2 Å². The second-order valence-electron chi connectivity index (χ2n) is 5.94. The van der Waals surface area contributed by atoms with Gasteiger partial charge in [-0.3, -0.25) is 0 Å². The van der Waals surface area contributed by atoms with Gasteiger partial charge in [0.1, 0.15) is 5.82 Å². The standard InChI is InChI=1S/C15H19BrFN/c16-14-8-12(17)4-3-11(14)7-15(18)13-6-9-1-2-10(13)5-9/h3-4,8-10,13,15H,1-2,5-7,18H2. The summed E-state index contributed by atoms with van der Waals surface area (Å²) in [5.41, 5.74) is 7.52. The number of hydrogen-bond acceptors (Lipinski definition) is 1. The Morgan fingerprint density at radius 3 is 2.78 bits per heavy atom. The van der Waals surface area contributed by atoms with Gasteiger partial charge in [-0.25, -0.2) is 4.39 Å². The average Bonchev–Trinajstić information content (AvgIpc) is 2.94. The van der Waals surface area contributed by atoms with Gasteiger partial charge >= 0.3 is 0 Å². The smallest absolute Gasteiger partial charge is 0.124 e. The zero-order valence-corrected chi connectivity index (χ0v) is 12.0. The van der Waals surface area contributed by atoms with E-state index in [1.165, 1.54) is 37.8 Å². The third-order valence-corrected chi connectivity index (χ3v) is 5.55. The van der Waals surface area contributed by atoms with Crippen molar-refractivity contribution in [1.82, 2.24) is 0 Å². The van der Waals surface area contributed by atoms with Gasteiger partial charge in [0.2, 0.25) is 0 Å². The predicted octanol–water partition coefficient (Wildman–Crippen LogP) is 3.89. The van der Waals surface area contributed by atoms with Crippen LogP contribution in [0, 0.1) is 23.6 Å². The van der Waals surface area contributed by atoms with E-state index < -0.39 is 0 Å². The maximum absolute atomic E-state index is 13.0. The number of hydrogen-bond donors (Lipinski definition) is 1. The van der Waals surface area contributed by atoms with E-state index in [2.05, 4.69) is 15.9 Å². The molecule has 0 amide bonds. The summed E-state index contributed by atoms with van der Waals surface area (Å²) < 4.78 is 13.9. The lowest BCUT2D eigenvalue weighted by molar-refractivity contribution is 0.280. The highest BCUT2D eigenvalue weighted by Gasteiger charge is 2.41. The van der Waals surface area contributed by atoms with E-state index in [0.717, 1.165) is 28.3 Å². The molecule has 2 N–H and O–H groups in total. The molecular formula is C15H19BrFN. The molecule has 2 bridgehead atoms. The minimum Gasteiger partial charge on any atom is -0.327 e. The van der Waals surface area contributed by atoms with Crippen LogP contribution >= 0.6 is 15.9 Å². The van der Waals surface area contributed by atoms with Crippen LogP contribution in [-0.4, -0.2) is 6.04 Å². The molecule has 2 fully saturated rings. The molecule has 2 saturated carbocycles. The van der Waals surface area contributed by atoms with Crippen LogP contribution in [-0.2, 0) is 6.42 Å². The number of benzene rings is 1. The minimum absolute atomic E-state index is 0.195. The lowest BCUT2D eigenvalue weighted by atomic mass is 9.81. The quantitative estimate of drug-likeness (QED) is 0.900. The normalized spacial score (nSPS) is 31.8. The van der Waals surface area contributed by atoms with Crippen LogP contribution in [0.15, 0.2) is 22.7 Å². The van der Waals surface area contributed by atoms with Gasteiger partial charge in [-0.2, -0.15) is 0 Å². The summed E-state index contributed by atoms with van der Waals surface area (Å²) in [5.74, 6) is 2.27. The summed E-state index contributed by atoms with van der Waals surface area (Å²) in [7, 11) is 0. The van der Waals surface area contributed by atoms with Crippen molar-refractivity contribution in [2.24, 2.45) is 23.5 Å². The number of fused-ring (bicyclic) bond motifs is 2. The average molecular weight is 312 g/mol. The van der Waals surface area contributed by atoms with Crippen LogP contribution in [0.3, 0.4) is 0 Å². The summed E-state index contributed by atoms with van der Waals surface area (Å²) in [6.07, 6.45) is 6.34. The highest BCUT2D eigenvalue weighted by Crippen LogP contribution is 2.49. The van der Waals surface area contributed by atoms with Crippen molar-refractivity contribution >= 4 is 15.9 Å². The lowest BCUT2D eigenvalue weighted by Crippen LogP contribution is -2.35. The summed E-state index contributed by atoms with van der Waals surface area (Å²) >= 11 is 3.43. The molecule has 4 atom stereocenters. The Morgan fingerprint density at radius 1 is 1.33 bits per heavy atom. The third-order valence-electron chi connectivity index (χ3n) is 4.81. The lowest BCUT2D eigenvalue weighted by Gasteiger charge is -2.28. The van der Waals surface area contributed by atoms with Gasteiger partial charge in [0, 0.05) is 10.5 Å². The second-order valence-corrected chi connectivity index (χ2v) is 6.80. The van der Waals surface area contributed by atoms with E-state index in [1.54, 1.807) is 0 Å². The Bertz CT molecular complexity index is 448. The topological polar surface area (TPSA) is 26.0 Å². The van der Waals surface area contributed by atoms with Gasteiger partial charge < -0.3 is 5.73 Å². The van der Waals surface area contributed by atoms with Crippen molar-refractivity contribution in [3.63, 3.8) is 0 Å². The zero-order valence-electron chi connectivity index (χ0n) is 10.4. The Hall–Kier alpha value is -0.410. The van der Waals surface area contributed by atoms with Gasteiger partial charge in [0.05, 0.1) is 0 Å². The van der Waals surface area contributed by atoms with E-state index in [9.17, 15) is 4.39 Å². The summed E-state index contributed by atoms with van der Waals surface area (Å²) in [6, 6.07) is 5.13. The van der Waals surface area contributed by atoms with Gasteiger partial charge in [0.25, 0.3) is 0 Å². The first-order valence-electron chi connectivity index (χ1n) is 6.83. The summed E-state index contributed by atoms with van der Waals surface area (Å²) in [6.45, 7) is 0. The Kier molecular flexibility index (Phi) is 3.46. The van der Waals surface area contributed by atoms with Gasteiger partial charge in [0.15, 0.2) is 0 Å². The molecule has 98 valence electrons. The van der Waals surface area contributed by atoms with Crippen LogP contribution in [0.25, 0.3) is 0 Å². The highest BCUT2D eigenvalue weighted by atomic mass is 79.9. The second kappa shape index (κ2) is 4.93. The molecule has 3 rings (SSSR count). The van der Waals surface area contributed by atoms with Gasteiger partial charge in [-0.1, -0.05) is 28.4 Å². The first-order chi connectivity index (χ1) is 8.63. The fraction of sp³-hybridized carbons (Fsp3) is 0.600. The van der Waals surface area contributed by atoms with Crippen LogP contribution in [0.5, 0.6) is 0 Å². The largest absolute Gasteiger partial charge is 0.327 e. The first kappa shape index (κ1) is 12.6. The molecule has 2 aliphatic carbocycles. The third kappa shape index (κ3) is 2.35. The molecule has 0 heterocycles. The maximum atomic E-state index is 13.0. The molecule has 0 radical (unpaired) electrons. The summed E-state index contributed by atoms with van der Waals surface area (Å²) in [5, 5.41) is 0. The fourth-order valence-corrected chi connectivity index (χ4v) is 4.42. The van der Waals surface area contributed by atoms with Crippen molar-refractivity contribution in [2.75, 3.05) is 0 Å². The van der Waals surface area contributed by atoms with E-state index in [1.807, 2.05) is 6.07 Å². The van der Waals surface area contributed by atoms with Crippen molar-refractivity contribution in [3.05, 3.63) is 34.1 Å². The van der Waals surface area contributed by atoms with Crippen molar-refractivity contribution in [1.29, 1.82) is 0 Å².